The number of hydrogen-bond acceptors (Lipinski definition) is 4. The Morgan fingerprint density at radius 3 is 2.95 bits per heavy atom. The van der Waals surface area contributed by atoms with Gasteiger partial charge in [0.25, 0.3) is 0 Å². The second kappa shape index (κ2) is 6.58. The first-order chi connectivity index (χ1) is 10.3. The number of likely N-dealkylation sites (tertiary alicyclic amines) is 1. The van der Waals surface area contributed by atoms with Gasteiger partial charge in [0.1, 0.15) is 5.82 Å². The molecule has 2 aliphatic rings. The van der Waals surface area contributed by atoms with Gasteiger partial charge in [-0.05, 0) is 45.3 Å². The zero-order valence-corrected chi connectivity index (χ0v) is 12.7. The van der Waals surface area contributed by atoms with Gasteiger partial charge in [-0.3, -0.25) is 9.69 Å². The van der Waals surface area contributed by atoms with Crippen molar-refractivity contribution in [3.63, 3.8) is 0 Å². The quantitative estimate of drug-likeness (QED) is 0.835. The maximum Gasteiger partial charge on any atom is 0.237 e. The zero-order valence-electron chi connectivity index (χ0n) is 12.7. The van der Waals surface area contributed by atoms with Gasteiger partial charge in [-0.25, -0.2) is 4.98 Å². The van der Waals surface area contributed by atoms with Crippen LogP contribution < -0.4 is 10.6 Å². The maximum atomic E-state index is 12.5. The fraction of sp³-hybridized carbons (Fsp3) is 0.733. The van der Waals surface area contributed by atoms with E-state index in [1.54, 1.807) is 6.20 Å². The molecule has 1 atom stereocenters. The summed E-state index contributed by atoms with van der Waals surface area (Å²) in [5.74, 6) is 1.06. The molecule has 6 heteroatoms. The molecule has 116 valence electrons. The summed E-state index contributed by atoms with van der Waals surface area (Å²) in [6, 6.07) is 0.617. The zero-order chi connectivity index (χ0) is 14.7. The summed E-state index contributed by atoms with van der Waals surface area (Å²) in [6.45, 7) is 3.72. The molecule has 2 aliphatic heterocycles. The smallest absolute Gasteiger partial charge is 0.237 e. The number of carbonyl (C=O) groups is 1. The van der Waals surface area contributed by atoms with Gasteiger partial charge >= 0.3 is 0 Å². The standard InChI is InChI=1S/C15H25N5O/c1-19-10-8-17-14(19)11-18-15(21)13-3-2-9-20(13)12-4-6-16-7-5-12/h8,10,12-13,16H,2-7,9,11H2,1H3,(H,18,21). The highest BCUT2D eigenvalue weighted by Crippen LogP contribution is 2.24. The van der Waals surface area contributed by atoms with E-state index in [0.717, 1.165) is 51.1 Å². The lowest BCUT2D eigenvalue weighted by Gasteiger charge is -2.35. The third kappa shape index (κ3) is 3.27. The van der Waals surface area contributed by atoms with E-state index in [1.165, 1.54) is 0 Å². The minimum absolute atomic E-state index is 0.0494. The average Bonchev–Trinajstić information content (AvgIpc) is 3.15. The van der Waals surface area contributed by atoms with E-state index in [0.29, 0.717) is 12.6 Å². The average molecular weight is 291 g/mol. The molecule has 0 aromatic carbocycles. The monoisotopic (exact) mass is 291 g/mol. The molecule has 0 spiro atoms. The number of imidazole rings is 1. The number of nitrogens with one attached hydrogen (secondary N) is 2. The highest BCUT2D eigenvalue weighted by molar-refractivity contribution is 5.82. The predicted octanol–water partition coefficient (Wildman–Crippen LogP) is 0.253. The molecule has 0 aliphatic carbocycles. The van der Waals surface area contributed by atoms with E-state index in [4.69, 9.17) is 0 Å². The minimum Gasteiger partial charge on any atom is -0.348 e. The molecule has 2 saturated heterocycles. The summed E-state index contributed by atoms with van der Waals surface area (Å²) in [5, 5.41) is 6.45. The SMILES string of the molecule is Cn1ccnc1CNC(=O)C1CCCN1C1CCNCC1. The van der Waals surface area contributed by atoms with Crippen LogP contribution in [0.5, 0.6) is 0 Å². The maximum absolute atomic E-state index is 12.5. The van der Waals surface area contributed by atoms with Gasteiger partial charge in [0.2, 0.25) is 5.91 Å². The Hall–Kier alpha value is -1.40. The number of carbonyl (C=O) groups excluding carboxylic acids is 1. The second-order valence-electron chi connectivity index (χ2n) is 6.05. The van der Waals surface area contributed by atoms with Crippen LogP contribution in [-0.4, -0.2) is 52.1 Å². The number of amides is 1. The van der Waals surface area contributed by atoms with E-state index in [-0.39, 0.29) is 11.9 Å². The van der Waals surface area contributed by atoms with Crippen molar-refractivity contribution < 1.29 is 4.79 Å². The summed E-state index contributed by atoms with van der Waals surface area (Å²) in [7, 11) is 1.95. The number of aryl methyl sites for hydroxylation is 1. The first-order valence-corrected chi connectivity index (χ1v) is 7.96. The highest BCUT2D eigenvalue weighted by atomic mass is 16.2. The Morgan fingerprint density at radius 2 is 2.24 bits per heavy atom. The van der Waals surface area contributed by atoms with Gasteiger partial charge in [-0.1, -0.05) is 0 Å². The van der Waals surface area contributed by atoms with E-state index >= 15 is 0 Å². The van der Waals surface area contributed by atoms with Crippen LogP contribution in [0.25, 0.3) is 0 Å². The Balaban J connectivity index is 1.56. The number of piperidine rings is 1. The molecule has 1 amide bonds. The molecule has 3 heterocycles. The lowest BCUT2D eigenvalue weighted by molar-refractivity contribution is -0.126. The molecule has 1 aromatic heterocycles. The van der Waals surface area contributed by atoms with Gasteiger partial charge in [0, 0.05) is 25.5 Å². The van der Waals surface area contributed by atoms with Crippen LogP contribution in [-0.2, 0) is 18.4 Å². The molecule has 21 heavy (non-hydrogen) atoms. The van der Waals surface area contributed by atoms with Crippen molar-refractivity contribution in [2.24, 2.45) is 7.05 Å². The van der Waals surface area contributed by atoms with Gasteiger partial charge in [0.05, 0.1) is 12.6 Å². The summed E-state index contributed by atoms with van der Waals surface area (Å²) in [4.78, 5) is 19.2. The van der Waals surface area contributed by atoms with E-state index in [2.05, 4.69) is 20.5 Å². The summed E-state index contributed by atoms with van der Waals surface area (Å²) in [5.41, 5.74) is 0. The molecule has 2 N–H and O–H groups in total. The summed E-state index contributed by atoms with van der Waals surface area (Å²) < 4.78 is 1.94. The van der Waals surface area contributed by atoms with Gasteiger partial charge in [-0.15, -0.1) is 0 Å². The molecule has 1 aromatic rings. The minimum atomic E-state index is 0.0494. The Bertz CT molecular complexity index is 480. The first kappa shape index (κ1) is 14.5. The van der Waals surface area contributed by atoms with Crippen molar-refractivity contribution >= 4 is 5.91 Å². The first-order valence-electron chi connectivity index (χ1n) is 7.96. The normalized spacial score (nSPS) is 24.3. The van der Waals surface area contributed by atoms with Crippen molar-refractivity contribution in [3.8, 4) is 0 Å². The van der Waals surface area contributed by atoms with Crippen LogP contribution in [0.15, 0.2) is 12.4 Å². The second-order valence-corrected chi connectivity index (χ2v) is 6.05. The van der Waals surface area contributed by atoms with E-state index in [9.17, 15) is 4.79 Å². The van der Waals surface area contributed by atoms with Crippen LogP contribution in [0, 0.1) is 0 Å². The van der Waals surface area contributed by atoms with Crippen LogP contribution in [0.1, 0.15) is 31.5 Å². The lowest BCUT2D eigenvalue weighted by atomic mass is 10.0. The van der Waals surface area contributed by atoms with Gasteiger partial charge < -0.3 is 15.2 Å². The lowest BCUT2D eigenvalue weighted by Crippen LogP contribution is -2.50. The summed E-state index contributed by atoms with van der Waals surface area (Å²) >= 11 is 0. The number of aromatic nitrogens is 2. The molecular weight excluding hydrogens is 266 g/mol. The van der Waals surface area contributed by atoms with Crippen LogP contribution in [0.4, 0.5) is 0 Å². The molecule has 0 bridgehead atoms. The van der Waals surface area contributed by atoms with Crippen molar-refractivity contribution in [1.29, 1.82) is 0 Å². The Morgan fingerprint density at radius 1 is 1.43 bits per heavy atom. The highest BCUT2D eigenvalue weighted by Gasteiger charge is 2.35. The number of nitrogens with zero attached hydrogens (tertiary/aromatic N) is 3. The van der Waals surface area contributed by atoms with Crippen LogP contribution in [0.2, 0.25) is 0 Å². The topological polar surface area (TPSA) is 62.2 Å². The summed E-state index contributed by atoms with van der Waals surface area (Å²) in [6.07, 6.45) is 8.09. The van der Waals surface area contributed by atoms with Gasteiger partial charge in [0.15, 0.2) is 0 Å². The number of hydrogen-bond donors (Lipinski definition) is 2. The van der Waals surface area contributed by atoms with Crippen molar-refractivity contribution in [3.05, 3.63) is 18.2 Å². The molecule has 3 rings (SSSR count). The van der Waals surface area contributed by atoms with Crippen molar-refractivity contribution in [2.75, 3.05) is 19.6 Å². The van der Waals surface area contributed by atoms with Crippen molar-refractivity contribution in [1.82, 2.24) is 25.1 Å². The van der Waals surface area contributed by atoms with Gasteiger partial charge in [-0.2, -0.15) is 0 Å². The van der Waals surface area contributed by atoms with E-state index < -0.39 is 0 Å². The molecule has 1 unspecified atom stereocenters. The molecule has 0 saturated carbocycles. The largest absolute Gasteiger partial charge is 0.348 e. The van der Waals surface area contributed by atoms with Crippen molar-refractivity contribution in [2.45, 2.75) is 44.3 Å². The molecule has 0 radical (unpaired) electrons. The molecule has 6 nitrogen and oxygen atoms in total. The fourth-order valence-electron chi connectivity index (χ4n) is 3.50. The van der Waals surface area contributed by atoms with Crippen LogP contribution in [0.3, 0.4) is 0 Å². The Kier molecular flexibility index (Phi) is 4.55. The van der Waals surface area contributed by atoms with E-state index in [1.807, 2.05) is 17.8 Å². The fourth-order valence-corrected chi connectivity index (χ4v) is 3.50. The van der Waals surface area contributed by atoms with Crippen LogP contribution >= 0.6 is 0 Å². The molecule has 2 fully saturated rings. The Labute approximate surface area is 125 Å². The predicted molar refractivity (Wildman–Crippen MR) is 80.7 cm³/mol. The molecular formula is C15H25N5O. The number of rotatable bonds is 4. The third-order valence-corrected chi connectivity index (χ3v) is 4.72. The third-order valence-electron chi connectivity index (χ3n) is 4.72.